The smallest absolute Gasteiger partial charge is 0.262 e. The Balaban J connectivity index is 1.36. The third-order valence-electron chi connectivity index (χ3n) is 6.48. The first-order chi connectivity index (χ1) is 18.1. The average molecular weight is 524 g/mol. The van der Waals surface area contributed by atoms with Crippen LogP contribution in [0.5, 0.6) is 5.75 Å². The number of hydrogen-bond acceptors (Lipinski definition) is 6. The molecule has 0 saturated heterocycles. The number of thioether (sulfide) groups is 1. The molecule has 2 heterocycles. The molecule has 7 heteroatoms. The summed E-state index contributed by atoms with van der Waals surface area (Å²) in [7, 11) is 1.69. The molecule has 1 aliphatic heterocycles. The molecule has 0 unspecified atom stereocenters. The minimum absolute atomic E-state index is 0.0237. The van der Waals surface area contributed by atoms with Crippen LogP contribution < -0.4 is 15.0 Å². The second-order valence-electron chi connectivity index (χ2n) is 8.91. The van der Waals surface area contributed by atoms with E-state index in [-0.39, 0.29) is 12.1 Å². The molecule has 6 rings (SSSR count). The molecule has 0 bridgehead atoms. The van der Waals surface area contributed by atoms with Gasteiger partial charge in [0.05, 0.1) is 22.9 Å². The zero-order valence-corrected chi connectivity index (χ0v) is 22.1. The van der Waals surface area contributed by atoms with Gasteiger partial charge in [-0.3, -0.25) is 9.69 Å². The van der Waals surface area contributed by atoms with Gasteiger partial charge in [0.1, 0.15) is 11.9 Å². The molecule has 184 valence electrons. The Morgan fingerprint density at radius 1 is 1.00 bits per heavy atom. The van der Waals surface area contributed by atoms with E-state index in [9.17, 15) is 4.79 Å². The van der Waals surface area contributed by atoms with Crippen molar-refractivity contribution in [2.24, 2.45) is 0 Å². The van der Waals surface area contributed by atoms with Crippen LogP contribution in [0.3, 0.4) is 0 Å². The van der Waals surface area contributed by atoms with Gasteiger partial charge >= 0.3 is 0 Å². The summed E-state index contributed by atoms with van der Waals surface area (Å²) in [5.41, 5.74) is 6.57. The Morgan fingerprint density at radius 2 is 1.78 bits per heavy atom. The lowest BCUT2D eigenvalue weighted by atomic mass is 10.0. The maximum absolute atomic E-state index is 13.7. The Hall–Kier alpha value is -3.81. The number of benzene rings is 4. The van der Waals surface area contributed by atoms with Crippen LogP contribution in [0, 0.1) is 6.92 Å². The van der Waals surface area contributed by atoms with Crippen molar-refractivity contribution in [1.82, 2.24) is 4.98 Å². The van der Waals surface area contributed by atoms with Gasteiger partial charge in [0.15, 0.2) is 4.34 Å². The van der Waals surface area contributed by atoms with Crippen molar-refractivity contribution in [3.05, 3.63) is 113 Å². The minimum Gasteiger partial charge on any atom is -0.496 e. The highest BCUT2D eigenvalue weighted by Gasteiger charge is 2.34. The fraction of sp³-hybridized carbons (Fsp3) is 0.133. The van der Waals surface area contributed by atoms with E-state index in [1.807, 2.05) is 90.7 Å². The van der Waals surface area contributed by atoms with Crippen LogP contribution in [-0.4, -0.2) is 18.0 Å². The van der Waals surface area contributed by atoms with E-state index in [0.717, 1.165) is 43.7 Å². The van der Waals surface area contributed by atoms with Crippen molar-refractivity contribution in [3.8, 4) is 5.75 Å². The zero-order valence-electron chi connectivity index (χ0n) is 20.5. The van der Waals surface area contributed by atoms with E-state index in [1.54, 1.807) is 30.2 Å². The van der Waals surface area contributed by atoms with Crippen LogP contribution in [-0.2, 0) is 5.75 Å². The van der Waals surface area contributed by atoms with Gasteiger partial charge in [0.2, 0.25) is 0 Å². The van der Waals surface area contributed by atoms with E-state index in [2.05, 4.69) is 17.4 Å². The maximum atomic E-state index is 13.7. The normalized spacial score (nSPS) is 14.9. The van der Waals surface area contributed by atoms with E-state index in [0.29, 0.717) is 11.3 Å². The molecule has 1 amide bonds. The topological polar surface area (TPSA) is 54.5 Å². The number of rotatable bonds is 6. The highest BCUT2D eigenvalue weighted by atomic mass is 32.2. The quantitative estimate of drug-likeness (QED) is 0.231. The minimum atomic E-state index is -0.359. The van der Waals surface area contributed by atoms with Crippen molar-refractivity contribution in [2.75, 3.05) is 17.3 Å². The van der Waals surface area contributed by atoms with Gasteiger partial charge in [-0.25, -0.2) is 4.98 Å². The van der Waals surface area contributed by atoms with Crippen molar-refractivity contribution in [2.45, 2.75) is 23.2 Å². The predicted molar refractivity (Wildman–Crippen MR) is 153 cm³/mol. The lowest BCUT2D eigenvalue weighted by Gasteiger charge is -2.38. The Kier molecular flexibility index (Phi) is 6.32. The van der Waals surface area contributed by atoms with Gasteiger partial charge in [0.25, 0.3) is 5.91 Å². The summed E-state index contributed by atoms with van der Waals surface area (Å²) in [6, 6.07) is 30.1. The number of carbonyl (C=O) groups excluding carboxylic acids is 1. The Labute approximate surface area is 224 Å². The lowest BCUT2D eigenvalue weighted by molar-refractivity contribution is 0.0975. The van der Waals surface area contributed by atoms with Crippen LogP contribution in [0.2, 0.25) is 0 Å². The summed E-state index contributed by atoms with van der Waals surface area (Å²) < 4.78 is 7.91. The number of thiazole rings is 1. The van der Waals surface area contributed by atoms with Crippen molar-refractivity contribution >= 4 is 50.6 Å². The SMILES string of the molecule is COc1ccc([C@@H]2Nc3ccccc3C(=O)N2c2ccc(C)cc2)cc1CSc1nc2ccccc2s1. The lowest BCUT2D eigenvalue weighted by Crippen LogP contribution is -2.43. The highest BCUT2D eigenvalue weighted by molar-refractivity contribution is 8.00. The number of fused-ring (bicyclic) bond motifs is 2. The van der Waals surface area contributed by atoms with Crippen molar-refractivity contribution < 1.29 is 9.53 Å². The van der Waals surface area contributed by atoms with Crippen LogP contribution in [0.4, 0.5) is 11.4 Å². The van der Waals surface area contributed by atoms with Gasteiger partial charge in [-0.15, -0.1) is 11.3 Å². The second-order valence-corrected chi connectivity index (χ2v) is 11.2. The van der Waals surface area contributed by atoms with Crippen LogP contribution in [0.25, 0.3) is 10.2 Å². The molecule has 0 fully saturated rings. The largest absolute Gasteiger partial charge is 0.496 e. The van der Waals surface area contributed by atoms with E-state index < -0.39 is 0 Å². The molecule has 37 heavy (non-hydrogen) atoms. The first kappa shape index (κ1) is 23.6. The number of nitrogens with one attached hydrogen (secondary N) is 1. The number of amides is 1. The molecule has 0 spiro atoms. The summed E-state index contributed by atoms with van der Waals surface area (Å²) in [5, 5.41) is 3.61. The molecule has 1 aromatic heterocycles. The summed E-state index contributed by atoms with van der Waals surface area (Å²) in [6.07, 6.45) is -0.359. The summed E-state index contributed by atoms with van der Waals surface area (Å²) in [6.45, 7) is 2.05. The Morgan fingerprint density at radius 3 is 2.59 bits per heavy atom. The van der Waals surface area contributed by atoms with Crippen molar-refractivity contribution in [1.29, 1.82) is 0 Å². The third kappa shape index (κ3) is 4.56. The molecule has 0 saturated carbocycles. The summed E-state index contributed by atoms with van der Waals surface area (Å²) in [4.78, 5) is 20.3. The average Bonchev–Trinajstić information content (AvgIpc) is 3.35. The summed E-state index contributed by atoms with van der Waals surface area (Å²) in [5.74, 6) is 1.50. The highest BCUT2D eigenvalue weighted by Crippen LogP contribution is 2.39. The number of anilines is 2. The van der Waals surface area contributed by atoms with E-state index in [4.69, 9.17) is 9.72 Å². The van der Waals surface area contributed by atoms with E-state index in [1.165, 1.54) is 4.70 Å². The number of aromatic nitrogens is 1. The standard InChI is InChI=1S/C30H25N3O2S2/c1-19-11-14-22(15-12-19)33-28(31-24-8-4-3-7-23(24)29(33)34)20-13-16-26(35-2)21(17-20)18-36-30-32-25-9-5-6-10-27(25)37-30/h3-17,28,31H,18H2,1-2H3/t28-/m1/s1. The molecule has 1 atom stereocenters. The van der Waals surface area contributed by atoms with Gasteiger partial charge in [-0.1, -0.05) is 59.8 Å². The number of aryl methyl sites for hydroxylation is 1. The molecule has 4 aromatic carbocycles. The predicted octanol–water partition coefficient (Wildman–Crippen LogP) is 7.68. The van der Waals surface area contributed by atoms with Gasteiger partial charge < -0.3 is 10.1 Å². The van der Waals surface area contributed by atoms with Crippen LogP contribution in [0.1, 0.15) is 33.2 Å². The molecule has 0 radical (unpaired) electrons. The monoisotopic (exact) mass is 523 g/mol. The van der Waals surface area contributed by atoms with Crippen LogP contribution in [0.15, 0.2) is 95.3 Å². The third-order valence-corrected chi connectivity index (χ3v) is 8.71. The number of methoxy groups -OCH3 is 1. The van der Waals surface area contributed by atoms with Gasteiger partial charge in [0, 0.05) is 22.7 Å². The molecular formula is C30H25N3O2S2. The van der Waals surface area contributed by atoms with Crippen molar-refractivity contribution in [3.63, 3.8) is 0 Å². The molecule has 5 nitrogen and oxygen atoms in total. The number of para-hydroxylation sites is 2. The van der Waals surface area contributed by atoms with Gasteiger partial charge in [-0.05, 0) is 61.0 Å². The number of hydrogen-bond donors (Lipinski definition) is 1. The molecule has 1 N–H and O–H groups in total. The number of carbonyl (C=O) groups is 1. The number of ether oxygens (including phenoxy) is 1. The first-order valence-electron chi connectivity index (χ1n) is 12.0. The fourth-order valence-electron chi connectivity index (χ4n) is 4.59. The fourth-order valence-corrected chi connectivity index (χ4v) is 6.64. The zero-order chi connectivity index (χ0) is 25.4. The molecule has 1 aliphatic rings. The van der Waals surface area contributed by atoms with E-state index >= 15 is 0 Å². The molecule has 0 aliphatic carbocycles. The first-order valence-corrected chi connectivity index (χ1v) is 13.8. The molecule has 5 aromatic rings. The second kappa shape index (κ2) is 9.92. The Bertz CT molecular complexity index is 1560. The molecular weight excluding hydrogens is 498 g/mol. The summed E-state index contributed by atoms with van der Waals surface area (Å²) >= 11 is 3.40. The maximum Gasteiger partial charge on any atom is 0.262 e. The number of nitrogens with zero attached hydrogens (tertiary/aromatic N) is 2. The van der Waals surface area contributed by atoms with Crippen LogP contribution >= 0.6 is 23.1 Å². The van der Waals surface area contributed by atoms with Gasteiger partial charge in [-0.2, -0.15) is 0 Å².